The van der Waals surface area contributed by atoms with Gasteiger partial charge in [-0.25, -0.2) is 0 Å². The summed E-state index contributed by atoms with van der Waals surface area (Å²) in [4.78, 5) is 22.1. The first-order valence-electron chi connectivity index (χ1n) is 8.32. The van der Waals surface area contributed by atoms with Crippen molar-refractivity contribution in [3.05, 3.63) is 12.2 Å². The molecule has 0 saturated heterocycles. The number of rotatable bonds is 13. The quantitative estimate of drug-likeness (QED) is 0.227. The van der Waals surface area contributed by atoms with Gasteiger partial charge in [0, 0.05) is 11.9 Å². The Morgan fingerprint density at radius 2 is 1.74 bits per heavy atom. The lowest BCUT2D eigenvalue weighted by atomic mass is 10.1. The number of carboxylic acid groups (broad SMARTS) is 2. The van der Waals surface area contributed by atoms with Crippen LogP contribution in [0.1, 0.15) is 46.5 Å². The highest BCUT2D eigenvalue weighted by atomic mass is 16.4. The molecule has 0 radical (unpaired) electrons. The van der Waals surface area contributed by atoms with E-state index in [1.54, 1.807) is 6.92 Å². The molecule has 0 rings (SSSR count). The Morgan fingerprint density at radius 3 is 2.22 bits per heavy atom. The van der Waals surface area contributed by atoms with Crippen molar-refractivity contribution in [3.8, 4) is 0 Å². The van der Waals surface area contributed by atoms with E-state index in [4.69, 9.17) is 5.11 Å². The topological polar surface area (TPSA) is 97.7 Å². The molecule has 0 aromatic heterocycles. The molecule has 0 fully saturated rings. The van der Waals surface area contributed by atoms with Crippen LogP contribution in [0.25, 0.3) is 0 Å². The van der Waals surface area contributed by atoms with Gasteiger partial charge >= 0.3 is 5.97 Å². The van der Waals surface area contributed by atoms with Crippen LogP contribution in [0.3, 0.4) is 0 Å². The highest BCUT2D eigenvalue weighted by Crippen LogP contribution is 2.16. The molecule has 6 heteroatoms. The lowest BCUT2D eigenvalue weighted by Crippen LogP contribution is -2.56. The molecule has 23 heavy (non-hydrogen) atoms. The minimum Gasteiger partial charge on any atom is -0.550 e. The fourth-order valence-corrected chi connectivity index (χ4v) is 2.64. The molecule has 0 amide bonds. The van der Waals surface area contributed by atoms with Crippen molar-refractivity contribution in [2.75, 3.05) is 26.4 Å². The first kappa shape index (κ1) is 21.6. The average molecular weight is 329 g/mol. The number of carbonyl (C=O) groups is 2. The lowest BCUT2D eigenvalue weighted by Gasteiger charge is -2.39. The maximum absolute atomic E-state index is 11.1. The highest BCUT2D eigenvalue weighted by molar-refractivity contribution is 5.69. The third-order valence-corrected chi connectivity index (χ3v) is 4.08. The van der Waals surface area contributed by atoms with Gasteiger partial charge in [0.1, 0.15) is 5.92 Å². The van der Waals surface area contributed by atoms with Crippen molar-refractivity contribution in [1.29, 1.82) is 0 Å². The predicted octanol–water partition coefficient (Wildman–Crippen LogP) is 0.996. The third-order valence-electron chi connectivity index (χ3n) is 4.08. The number of hydrogen-bond acceptors (Lipinski definition) is 4. The summed E-state index contributed by atoms with van der Waals surface area (Å²) in [5.41, 5.74) is 0. The fraction of sp³-hybridized carbons (Fsp3) is 0.765. The standard InChI is InChI=1S/C17H31NO5/c1-4-5-6-7-8-9-10-18(13-19,11-14(2)16(20)21)12-15(3)17(22)23/h8-9,14-15,19H,4-7,10-13H2,1-3H3,(H-,20,21,22,23)/b9-8+. The number of aliphatic carboxylic acids is 2. The smallest absolute Gasteiger partial charge is 0.311 e. The molecular formula is C17H31NO5. The number of allylic oxidation sites excluding steroid dienone is 1. The van der Waals surface area contributed by atoms with Crippen molar-refractivity contribution in [2.45, 2.75) is 46.5 Å². The first-order valence-corrected chi connectivity index (χ1v) is 8.32. The molecule has 0 aliphatic carbocycles. The van der Waals surface area contributed by atoms with Crippen molar-refractivity contribution < 1.29 is 29.4 Å². The molecule has 6 nitrogen and oxygen atoms in total. The highest BCUT2D eigenvalue weighted by Gasteiger charge is 2.32. The summed E-state index contributed by atoms with van der Waals surface area (Å²) in [5.74, 6) is -3.55. The van der Waals surface area contributed by atoms with E-state index < -0.39 is 23.8 Å². The molecule has 0 aliphatic heterocycles. The van der Waals surface area contributed by atoms with Gasteiger partial charge in [-0.15, -0.1) is 0 Å². The first-order chi connectivity index (χ1) is 10.8. The average Bonchev–Trinajstić information content (AvgIpc) is 2.50. The number of quaternary nitrogens is 1. The molecule has 0 heterocycles. The molecule has 0 spiro atoms. The van der Waals surface area contributed by atoms with Gasteiger partial charge in [-0.05, 0) is 25.8 Å². The molecule has 0 bridgehead atoms. The Labute approximate surface area is 139 Å². The van der Waals surface area contributed by atoms with Crippen LogP contribution in [0.5, 0.6) is 0 Å². The van der Waals surface area contributed by atoms with Crippen LogP contribution >= 0.6 is 0 Å². The summed E-state index contributed by atoms with van der Waals surface area (Å²) in [6.07, 6.45) is 8.26. The summed E-state index contributed by atoms with van der Waals surface area (Å²) in [5, 5.41) is 29.9. The number of unbranched alkanes of at least 4 members (excludes halogenated alkanes) is 3. The Morgan fingerprint density at radius 1 is 1.13 bits per heavy atom. The van der Waals surface area contributed by atoms with Crippen LogP contribution in [0.4, 0.5) is 0 Å². The molecule has 0 aromatic rings. The van der Waals surface area contributed by atoms with Crippen LogP contribution < -0.4 is 5.11 Å². The van der Waals surface area contributed by atoms with Gasteiger partial charge in [-0.3, -0.25) is 9.28 Å². The van der Waals surface area contributed by atoms with Crippen molar-refractivity contribution >= 4 is 11.9 Å². The van der Waals surface area contributed by atoms with Gasteiger partial charge in [0.25, 0.3) is 0 Å². The molecule has 0 aliphatic rings. The normalized spacial score (nSPS) is 16.9. The van der Waals surface area contributed by atoms with Crippen LogP contribution in [0.2, 0.25) is 0 Å². The second-order valence-corrected chi connectivity index (χ2v) is 6.46. The summed E-state index contributed by atoms with van der Waals surface area (Å²) >= 11 is 0. The monoisotopic (exact) mass is 329 g/mol. The second kappa shape index (κ2) is 11.2. The number of aliphatic hydroxyl groups is 1. The van der Waals surface area contributed by atoms with Crippen molar-refractivity contribution in [2.24, 2.45) is 11.8 Å². The summed E-state index contributed by atoms with van der Waals surface area (Å²) in [7, 11) is 0. The Bertz CT molecular complexity index is 372. The van der Waals surface area contributed by atoms with Crippen LogP contribution in [0, 0.1) is 11.8 Å². The molecule has 134 valence electrons. The third kappa shape index (κ3) is 8.71. The number of carbonyl (C=O) groups excluding carboxylic acids is 1. The summed E-state index contributed by atoms with van der Waals surface area (Å²) < 4.78 is 0.0207. The van der Waals surface area contributed by atoms with E-state index in [1.807, 2.05) is 12.2 Å². The molecular weight excluding hydrogens is 298 g/mol. The minimum absolute atomic E-state index is 0.0207. The Hall–Kier alpha value is -1.40. The number of nitrogens with zero attached hydrogens (tertiary/aromatic N) is 1. The van der Waals surface area contributed by atoms with Gasteiger partial charge in [-0.1, -0.05) is 32.8 Å². The van der Waals surface area contributed by atoms with Gasteiger partial charge in [-0.2, -0.15) is 0 Å². The molecule has 0 saturated carbocycles. The zero-order valence-corrected chi connectivity index (χ0v) is 14.5. The van der Waals surface area contributed by atoms with Gasteiger partial charge < -0.3 is 20.1 Å². The predicted molar refractivity (Wildman–Crippen MR) is 86.2 cm³/mol. The lowest BCUT2D eigenvalue weighted by molar-refractivity contribution is -0.944. The molecule has 2 N–H and O–H groups in total. The molecule has 0 aromatic carbocycles. The minimum atomic E-state index is -1.18. The Balaban J connectivity index is 4.93. The summed E-state index contributed by atoms with van der Waals surface area (Å²) in [6, 6.07) is 0. The van der Waals surface area contributed by atoms with Gasteiger partial charge in [0.05, 0.1) is 19.6 Å². The van der Waals surface area contributed by atoms with Crippen LogP contribution in [-0.2, 0) is 9.59 Å². The maximum atomic E-state index is 11.1. The van der Waals surface area contributed by atoms with E-state index in [1.165, 1.54) is 6.92 Å². The van der Waals surface area contributed by atoms with E-state index >= 15 is 0 Å². The van der Waals surface area contributed by atoms with Crippen LogP contribution in [-0.4, -0.2) is 53.0 Å². The van der Waals surface area contributed by atoms with E-state index in [0.29, 0.717) is 6.54 Å². The molecule has 3 atom stereocenters. The Kier molecular flexibility index (Phi) is 10.5. The number of aliphatic hydroxyl groups excluding tert-OH is 1. The molecule has 3 unspecified atom stereocenters. The fourth-order valence-electron chi connectivity index (χ4n) is 2.64. The van der Waals surface area contributed by atoms with E-state index in [-0.39, 0.29) is 24.3 Å². The largest absolute Gasteiger partial charge is 0.550 e. The summed E-state index contributed by atoms with van der Waals surface area (Å²) in [6.45, 7) is 5.67. The zero-order valence-electron chi connectivity index (χ0n) is 14.5. The van der Waals surface area contributed by atoms with E-state index in [9.17, 15) is 19.8 Å². The SMILES string of the molecule is CCCCC/C=C/C[N+](CO)(CC(C)C(=O)[O-])CC(C)C(=O)O. The van der Waals surface area contributed by atoms with Gasteiger partial charge in [0.2, 0.25) is 0 Å². The van der Waals surface area contributed by atoms with Crippen molar-refractivity contribution in [3.63, 3.8) is 0 Å². The van der Waals surface area contributed by atoms with E-state index in [0.717, 1.165) is 25.7 Å². The zero-order chi connectivity index (χ0) is 17.9. The van der Waals surface area contributed by atoms with Gasteiger partial charge in [0.15, 0.2) is 6.73 Å². The number of hydrogen-bond donors (Lipinski definition) is 2. The van der Waals surface area contributed by atoms with Crippen LogP contribution in [0.15, 0.2) is 12.2 Å². The maximum Gasteiger partial charge on any atom is 0.311 e. The second-order valence-electron chi connectivity index (χ2n) is 6.46. The number of carboxylic acids is 2. The van der Waals surface area contributed by atoms with E-state index in [2.05, 4.69) is 6.92 Å². The van der Waals surface area contributed by atoms with Crippen molar-refractivity contribution in [1.82, 2.24) is 0 Å².